The lowest BCUT2D eigenvalue weighted by Gasteiger charge is -2.48. The van der Waals surface area contributed by atoms with E-state index in [4.69, 9.17) is 21.9 Å². The van der Waals surface area contributed by atoms with Crippen LogP contribution in [0.2, 0.25) is 0 Å². The van der Waals surface area contributed by atoms with Gasteiger partial charge >= 0.3 is 12.1 Å². The maximum absolute atomic E-state index is 13.9. The van der Waals surface area contributed by atoms with Crippen LogP contribution in [0, 0.1) is 5.41 Å². The average Bonchev–Trinajstić information content (AvgIpc) is 3.19. The number of aromatic nitrogens is 2. The minimum Gasteiger partial charge on any atom is -0.446 e. The smallest absolute Gasteiger partial charge is 0.435 e. The highest BCUT2D eigenvalue weighted by Gasteiger charge is 2.59. The van der Waals surface area contributed by atoms with Gasteiger partial charge in [0.15, 0.2) is 11.5 Å². The molecule has 2 aliphatic rings. The third-order valence-electron chi connectivity index (χ3n) is 7.34. The van der Waals surface area contributed by atoms with E-state index in [1.54, 1.807) is 26.0 Å². The Hall–Kier alpha value is -3.25. The lowest BCUT2D eigenvalue weighted by atomic mass is 9.65. The summed E-state index contributed by atoms with van der Waals surface area (Å²) in [5.41, 5.74) is 12.9. The molecule has 0 saturated heterocycles. The van der Waals surface area contributed by atoms with Crippen LogP contribution in [-0.4, -0.2) is 39.6 Å². The van der Waals surface area contributed by atoms with E-state index in [-0.39, 0.29) is 37.1 Å². The molecular weight excluding hydrogens is 491 g/mol. The monoisotopic (exact) mass is 521 g/mol. The van der Waals surface area contributed by atoms with E-state index < -0.39 is 58.2 Å². The average molecular weight is 522 g/mol. The molecule has 200 valence electrons. The highest BCUT2D eigenvalue weighted by molar-refractivity contribution is 6.00. The van der Waals surface area contributed by atoms with Crippen LogP contribution >= 0.6 is 0 Å². The third kappa shape index (κ3) is 4.42. The summed E-state index contributed by atoms with van der Waals surface area (Å²) in [4.78, 5) is 37.7. The number of rotatable bonds is 5. The molecule has 2 aromatic rings. The van der Waals surface area contributed by atoms with Crippen LogP contribution in [0.25, 0.3) is 5.69 Å². The van der Waals surface area contributed by atoms with E-state index in [1.165, 1.54) is 12.1 Å². The summed E-state index contributed by atoms with van der Waals surface area (Å²) in [6.45, 7) is 3.12. The number of benzene rings is 1. The summed E-state index contributed by atoms with van der Waals surface area (Å²) in [5, 5.41) is 3.83. The van der Waals surface area contributed by atoms with Crippen LogP contribution in [0.5, 0.6) is 0 Å². The molecule has 2 atom stereocenters. The number of primary amides is 1. The second-order valence-electron chi connectivity index (χ2n) is 10.6. The van der Waals surface area contributed by atoms with Gasteiger partial charge in [0.2, 0.25) is 5.60 Å². The molecule has 2 unspecified atom stereocenters. The number of hydrogen-bond donors (Lipinski definition) is 3. The van der Waals surface area contributed by atoms with Crippen molar-refractivity contribution in [3.05, 3.63) is 46.8 Å². The highest BCUT2D eigenvalue weighted by atomic mass is 19.4. The van der Waals surface area contributed by atoms with Gasteiger partial charge in [-0.25, -0.2) is 4.68 Å². The number of amides is 1. The zero-order chi connectivity index (χ0) is 27.4. The number of fused-ring (bicyclic) bond motifs is 1. The van der Waals surface area contributed by atoms with Crippen LogP contribution in [-0.2, 0) is 32.5 Å². The van der Waals surface area contributed by atoms with Gasteiger partial charge in [-0.1, -0.05) is 32.4 Å². The molecule has 6 N–H and O–H groups in total. The summed E-state index contributed by atoms with van der Waals surface area (Å²) in [7, 11) is 0. The van der Waals surface area contributed by atoms with Gasteiger partial charge in [0, 0.05) is 6.42 Å². The van der Waals surface area contributed by atoms with Gasteiger partial charge in [0.05, 0.1) is 29.0 Å². The number of nitrogens with two attached hydrogens (primary N) is 3. The number of hydrogen-bond acceptors (Lipinski definition) is 7. The Morgan fingerprint density at radius 2 is 1.84 bits per heavy atom. The Morgan fingerprint density at radius 1 is 1.16 bits per heavy atom. The number of carbonyl (C=O) groups is 3. The third-order valence-corrected chi connectivity index (χ3v) is 7.34. The number of halogens is 3. The van der Waals surface area contributed by atoms with E-state index >= 15 is 0 Å². The maximum Gasteiger partial charge on any atom is 0.435 e. The predicted molar refractivity (Wildman–Crippen MR) is 126 cm³/mol. The number of Topliss-reactive ketones (excluding diaryl/α,β-unsaturated/α-hetero) is 1. The normalized spacial score (nSPS) is 25.4. The molecule has 1 amide bonds. The van der Waals surface area contributed by atoms with Gasteiger partial charge < -0.3 is 21.9 Å². The molecule has 0 bridgehead atoms. The number of esters is 1. The largest absolute Gasteiger partial charge is 0.446 e. The Morgan fingerprint density at radius 3 is 2.46 bits per heavy atom. The van der Waals surface area contributed by atoms with Crippen molar-refractivity contribution < 1.29 is 32.3 Å². The summed E-state index contributed by atoms with van der Waals surface area (Å²) < 4.78 is 48.3. The molecular formula is C25H30F3N5O4. The fourth-order valence-corrected chi connectivity index (χ4v) is 5.63. The highest BCUT2D eigenvalue weighted by Crippen LogP contribution is 2.46. The van der Waals surface area contributed by atoms with E-state index in [2.05, 4.69) is 5.10 Å². The Labute approximate surface area is 211 Å². The molecule has 4 rings (SSSR count). The topological polar surface area (TPSA) is 156 Å². The minimum absolute atomic E-state index is 0.0334. The summed E-state index contributed by atoms with van der Waals surface area (Å²) in [5.74, 6) is -2.42. The van der Waals surface area contributed by atoms with Gasteiger partial charge in [0.1, 0.15) is 0 Å². The van der Waals surface area contributed by atoms with Crippen molar-refractivity contribution >= 4 is 17.7 Å². The van der Waals surface area contributed by atoms with Gasteiger partial charge in [-0.3, -0.25) is 14.4 Å². The van der Waals surface area contributed by atoms with Crippen molar-refractivity contribution in [3.63, 3.8) is 0 Å². The molecule has 1 fully saturated rings. The van der Waals surface area contributed by atoms with Crippen LogP contribution in [0.1, 0.15) is 73.3 Å². The van der Waals surface area contributed by atoms with Gasteiger partial charge in [-0.05, 0) is 48.8 Å². The molecule has 0 radical (unpaired) electrons. The Kier molecular flexibility index (Phi) is 6.48. The molecule has 0 spiro atoms. The van der Waals surface area contributed by atoms with Crippen molar-refractivity contribution in [2.45, 2.75) is 69.7 Å². The fourth-order valence-electron chi connectivity index (χ4n) is 5.63. The van der Waals surface area contributed by atoms with E-state index in [0.29, 0.717) is 18.4 Å². The fraction of sp³-hybridized carbons (Fsp3) is 0.520. The molecule has 37 heavy (non-hydrogen) atoms. The minimum atomic E-state index is -4.83. The van der Waals surface area contributed by atoms with Crippen molar-refractivity contribution in [1.82, 2.24) is 9.78 Å². The molecule has 1 saturated carbocycles. The van der Waals surface area contributed by atoms with Crippen LogP contribution in [0.3, 0.4) is 0 Å². The second-order valence-corrected chi connectivity index (χ2v) is 10.6. The van der Waals surface area contributed by atoms with Crippen molar-refractivity contribution in [3.8, 4) is 5.69 Å². The standard InChI is InChI=1S/C25H30F3N5O4/c1-22(2)11-16-19(17(34)12-22)20(25(26,27)28)32-33(16)15-7-5-6-14(10-15)23(31)8-3-4-9-24(23,21(30)36)37-18(35)13-29/h5-7,10H,3-4,8-9,11-13,29,31H2,1-2H3,(H2,30,36). The number of alkyl halides is 3. The molecule has 1 heterocycles. The first-order valence-corrected chi connectivity index (χ1v) is 12.0. The van der Waals surface area contributed by atoms with Crippen LogP contribution in [0.4, 0.5) is 13.2 Å². The summed E-state index contributed by atoms with van der Waals surface area (Å²) >= 11 is 0. The van der Waals surface area contributed by atoms with E-state index in [1.807, 2.05) is 0 Å². The predicted octanol–water partition coefficient (Wildman–Crippen LogP) is 2.50. The summed E-state index contributed by atoms with van der Waals surface area (Å²) in [6, 6.07) is 6.19. The molecule has 0 aliphatic heterocycles. The molecule has 2 aliphatic carbocycles. The number of nitrogens with zero attached hydrogens (tertiary/aromatic N) is 2. The van der Waals surface area contributed by atoms with Crippen molar-refractivity contribution in [2.75, 3.05) is 6.54 Å². The first-order chi connectivity index (χ1) is 17.1. The molecule has 12 heteroatoms. The lowest BCUT2D eigenvalue weighted by molar-refractivity contribution is -0.180. The summed E-state index contributed by atoms with van der Waals surface area (Å²) in [6.07, 6.45) is -3.30. The Balaban J connectivity index is 1.90. The van der Waals surface area contributed by atoms with E-state index in [0.717, 1.165) is 4.68 Å². The lowest BCUT2D eigenvalue weighted by Crippen LogP contribution is -2.68. The number of ether oxygens (including phenoxy) is 1. The van der Waals surface area contributed by atoms with E-state index in [9.17, 15) is 27.6 Å². The first kappa shape index (κ1) is 26.8. The zero-order valence-electron chi connectivity index (χ0n) is 20.7. The first-order valence-electron chi connectivity index (χ1n) is 12.0. The number of carbonyl (C=O) groups excluding carboxylic acids is 3. The Bertz CT molecular complexity index is 1270. The number of ketones is 1. The van der Waals surface area contributed by atoms with Gasteiger partial charge in [-0.15, -0.1) is 0 Å². The van der Waals surface area contributed by atoms with Crippen molar-refractivity contribution in [2.24, 2.45) is 22.6 Å². The second kappa shape index (κ2) is 8.95. The zero-order valence-corrected chi connectivity index (χ0v) is 20.7. The molecule has 1 aromatic heterocycles. The SMILES string of the molecule is CC1(C)CC(=O)c2c(C(F)(F)F)nn(-c3cccc(C4(N)CCCCC4(OC(=O)CN)C(N)=O)c3)c2C1. The molecule has 9 nitrogen and oxygen atoms in total. The van der Waals surface area contributed by atoms with Crippen LogP contribution in [0.15, 0.2) is 24.3 Å². The molecule has 1 aromatic carbocycles. The van der Waals surface area contributed by atoms with Gasteiger partial charge in [-0.2, -0.15) is 18.3 Å². The van der Waals surface area contributed by atoms with Crippen LogP contribution < -0.4 is 17.2 Å². The maximum atomic E-state index is 13.9. The van der Waals surface area contributed by atoms with Crippen molar-refractivity contribution in [1.29, 1.82) is 0 Å². The van der Waals surface area contributed by atoms with Gasteiger partial charge in [0.25, 0.3) is 5.91 Å². The quantitative estimate of drug-likeness (QED) is 0.510.